The number of thioether (sulfide) groups is 1. The van der Waals surface area contributed by atoms with Crippen LogP contribution >= 0.6 is 11.8 Å². The molecule has 2 amide bonds. The van der Waals surface area contributed by atoms with Crippen molar-refractivity contribution in [2.24, 2.45) is 17.8 Å². The molecule has 5 rings (SSSR count). The second kappa shape index (κ2) is 12.7. The second-order valence-electron chi connectivity index (χ2n) is 11.6. The van der Waals surface area contributed by atoms with E-state index < -0.39 is 28.7 Å². The highest BCUT2D eigenvalue weighted by Gasteiger charge is 2.77. The van der Waals surface area contributed by atoms with E-state index in [0.717, 1.165) is 24.3 Å². The highest BCUT2D eigenvalue weighted by atomic mass is 32.2. The van der Waals surface area contributed by atoms with Gasteiger partial charge in [0, 0.05) is 36.3 Å². The van der Waals surface area contributed by atoms with E-state index in [2.05, 4.69) is 32.3 Å². The Morgan fingerprint density at radius 1 is 1.12 bits per heavy atom. The molecule has 3 aliphatic heterocycles. The maximum absolute atomic E-state index is 15.0. The van der Waals surface area contributed by atoms with Crippen LogP contribution in [0, 0.1) is 17.8 Å². The molecule has 3 unspecified atom stereocenters. The van der Waals surface area contributed by atoms with Crippen LogP contribution in [-0.2, 0) is 19.1 Å². The van der Waals surface area contributed by atoms with Gasteiger partial charge in [0.1, 0.15) is 6.04 Å². The minimum atomic E-state index is -0.894. The fourth-order valence-corrected chi connectivity index (χ4v) is 10.0. The average Bonchev–Trinajstić information content (AvgIpc) is 3.61. The van der Waals surface area contributed by atoms with E-state index in [4.69, 9.17) is 4.74 Å². The van der Waals surface area contributed by atoms with Crippen molar-refractivity contribution in [2.75, 3.05) is 42.6 Å². The van der Waals surface area contributed by atoms with Crippen LogP contribution in [0.1, 0.15) is 45.7 Å². The lowest BCUT2D eigenvalue weighted by molar-refractivity contribution is -0.154. The summed E-state index contributed by atoms with van der Waals surface area (Å²) in [6, 6.07) is 15.6. The van der Waals surface area contributed by atoms with Gasteiger partial charge in [0.25, 0.3) is 5.91 Å². The summed E-state index contributed by atoms with van der Waals surface area (Å²) in [5.74, 6) is -2.23. The topological polar surface area (TPSA) is 90.4 Å². The zero-order chi connectivity index (χ0) is 30.9. The fourth-order valence-electron chi connectivity index (χ4n) is 7.64. The van der Waals surface area contributed by atoms with E-state index >= 15 is 4.79 Å². The van der Waals surface area contributed by atoms with Gasteiger partial charge in [0.15, 0.2) is 0 Å². The van der Waals surface area contributed by atoms with E-state index in [-0.39, 0.29) is 48.7 Å². The minimum absolute atomic E-state index is 0.00758. The maximum Gasteiger partial charge on any atom is 0.310 e. The van der Waals surface area contributed by atoms with Gasteiger partial charge in [-0.05, 0) is 62.9 Å². The van der Waals surface area contributed by atoms with Gasteiger partial charge in [-0.25, -0.2) is 0 Å². The number of hydrogen-bond donors (Lipinski definition) is 1. The lowest BCUT2D eigenvalue weighted by Crippen LogP contribution is -2.58. The molecule has 1 N–H and O–H groups in total. The molecule has 0 aliphatic carbocycles. The van der Waals surface area contributed by atoms with E-state index in [0.29, 0.717) is 12.1 Å². The number of benzene rings is 2. The molecule has 3 fully saturated rings. The summed E-state index contributed by atoms with van der Waals surface area (Å²) in [6.07, 6.45) is 2.40. The molecule has 0 radical (unpaired) electrons. The predicted octanol–water partition coefficient (Wildman–Crippen LogP) is 4.69. The smallest absolute Gasteiger partial charge is 0.310 e. The third-order valence-corrected chi connectivity index (χ3v) is 11.6. The summed E-state index contributed by atoms with van der Waals surface area (Å²) in [5.41, 5.74) is 2.52. The van der Waals surface area contributed by atoms with Crippen LogP contribution in [-0.4, -0.2) is 76.7 Å². The number of likely N-dealkylation sites (tertiary alicyclic amines) is 1. The summed E-state index contributed by atoms with van der Waals surface area (Å²) in [4.78, 5) is 48.5. The molecule has 43 heavy (non-hydrogen) atoms. The van der Waals surface area contributed by atoms with E-state index in [1.165, 1.54) is 0 Å². The SMILES string of the molecule is C=CCN(C(=O)C1N([C@H](CO)c2ccccc2)C(=O)[C@@H]2[C@@H](C(=O)OCC)[C@H]3CC(C)C12S3)c1ccc(N(CC)CC)cc1. The highest BCUT2D eigenvalue weighted by Crippen LogP contribution is 2.69. The first-order valence-electron chi connectivity index (χ1n) is 15.4. The number of fused-ring (bicyclic) bond motifs is 1. The van der Waals surface area contributed by atoms with E-state index in [9.17, 15) is 14.7 Å². The van der Waals surface area contributed by atoms with Crippen molar-refractivity contribution < 1.29 is 24.2 Å². The van der Waals surface area contributed by atoms with Crippen molar-refractivity contribution >= 4 is 40.9 Å². The van der Waals surface area contributed by atoms with E-state index in [1.807, 2.05) is 54.6 Å². The summed E-state index contributed by atoms with van der Waals surface area (Å²) in [6.45, 7) is 13.9. The molecule has 0 saturated carbocycles. The molecule has 3 heterocycles. The lowest BCUT2D eigenvalue weighted by atomic mass is 9.66. The first kappa shape index (κ1) is 31.1. The fraction of sp³-hybridized carbons (Fsp3) is 0.500. The van der Waals surface area contributed by atoms with Crippen molar-refractivity contribution in [1.29, 1.82) is 0 Å². The van der Waals surface area contributed by atoms with Gasteiger partial charge in [-0.15, -0.1) is 18.3 Å². The third kappa shape index (κ3) is 5.04. The van der Waals surface area contributed by atoms with Crippen LogP contribution in [0.2, 0.25) is 0 Å². The monoisotopic (exact) mass is 605 g/mol. The van der Waals surface area contributed by atoms with Crippen molar-refractivity contribution in [3.63, 3.8) is 0 Å². The van der Waals surface area contributed by atoms with Gasteiger partial charge in [-0.2, -0.15) is 0 Å². The van der Waals surface area contributed by atoms with Gasteiger partial charge in [-0.1, -0.05) is 43.3 Å². The quantitative estimate of drug-likeness (QED) is 0.278. The number of aliphatic hydroxyl groups is 1. The number of carbonyl (C=O) groups is 3. The number of esters is 1. The van der Waals surface area contributed by atoms with Gasteiger partial charge in [0.2, 0.25) is 5.91 Å². The van der Waals surface area contributed by atoms with Gasteiger partial charge in [-0.3, -0.25) is 14.4 Å². The molecule has 3 saturated heterocycles. The zero-order valence-electron chi connectivity index (χ0n) is 25.5. The van der Waals surface area contributed by atoms with Crippen molar-refractivity contribution in [3.8, 4) is 0 Å². The zero-order valence-corrected chi connectivity index (χ0v) is 26.3. The number of anilines is 2. The van der Waals surface area contributed by atoms with Crippen LogP contribution in [0.25, 0.3) is 0 Å². The highest BCUT2D eigenvalue weighted by molar-refractivity contribution is 8.02. The number of ether oxygens (including phenoxy) is 1. The number of amides is 2. The lowest BCUT2D eigenvalue weighted by Gasteiger charge is -2.42. The maximum atomic E-state index is 15.0. The molecule has 3 aliphatic rings. The Labute approximate surface area is 259 Å². The first-order valence-corrected chi connectivity index (χ1v) is 16.3. The number of hydrogen-bond acceptors (Lipinski definition) is 7. The van der Waals surface area contributed by atoms with Crippen molar-refractivity contribution in [2.45, 2.75) is 56.2 Å². The Morgan fingerprint density at radius 2 is 1.77 bits per heavy atom. The Morgan fingerprint density at radius 3 is 2.35 bits per heavy atom. The summed E-state index contributed by atoms with van der Waals surface area (Å²) >= 11 is 1.60. The van der Waals surface area contributed by atoms with Crippen molar-refractivity contribution in [1.82, 2.24) is 4.90 Å². The van der Waals surface area contributed by atoms with Crippen LogP contribution < -0.4 is 9.80 Å². The number of rotatable bonds is 12. The van der Waals surface area contributed by atoms with Gasteiger partial charge in [0.05, 0.1) is 35.8 Å². The van der Waals surface area contributed by atoms with Gasteiger partial charge < -0.3 is 24.5 Å². The summed E-state index contributed by atoms with van der Waals surface area (Å²) in [5, 5.41) is 10.7. The second-order valence-corrected chi connectivity index (χ2v) is 13.1. The largest absolute Gasteiger partial charge is 0.466 e. The third-order valence-electron chi connectivity index (χ3n) is 9.54. The minimum Gasteiger partial charge on any atom is -0.466 e. The number of carbonyl (C=O) groups excluding carboxylic acids is 3. The molecule has 1 spiro atoms. The average molecular weight is 606 g/mol. The number of aliphatic hydroxyl groups excluding tert-OH is 1. The van der Waals surface area contributed by atoms with Gasteiger partial charge >= 0.3 is 5.97 Å². The predicted molar refractivity (Wildman–Crippen MR) is 171 cm³/mol. The molecule has 2 aromatic carbocycles. The Hall–Kier alpha value is -3.30. The molecular formula is C34H43N3O5S. The Bertz CT molecular complexity index is 1330. The standard InChI is InChI=1S/C34H43N3O5S/c1-6-19-36(25-17-15-24(16-18-25)35(7-2)8-3)32(40)30-34-22(5)20-27(43-34)28(33(41)42-9-4)29(34)31(39)37(30)26(21-38)23-13-11-10-12-14-23/h6,10-18,22,26-30,38H,1,7-9,19-21H2,2-5H3/t22?,26-,27-,28+,29+,30?,34?/m1/s1. The molecular weight excluding hydrogens is 562 g/mol. The Balaban J connectivity index is 1.63. The van der Waals surface area contributed by atoms with Crippen LogP contribution in [0.5, 0.6) is 0 Å². The molecule has 230 valence electrons. The van der Waals surface area contributed by atoms with E-state index in [1.54, 1.807) is 34.6 Å². The molecule has 2 bridgehead atoms. The summed E-state index contributed by atoms with van der Waals surface area (Å²) in [7, 11) is 0. The van der Waals surface area contributed by atoms with Crippen LogP contribution in [0.15, 0.2) is 67.3 Å². The molecule has 9 heteroatoms. The first-order chi connectivity index (χ1) is 20.8. The molecule has 8 nitrogen and oxygen atoms in total. The van der Waals surface area contributed by atoms with Crippen LogP contribution in [0.3, 0.4) is 0 Å². The molecule has 0 aromatic heterocycles. The molecule has 7 atom stereocenters. The Kier molecular flexibility index (Phi) is 9.23. The molecule has 2 aromatic rings. The van der Waals surface area contributed by atoms with Crippen molar-refractivity contribution in [3.05, 3.63) is 72.8 Å². The summed E-state index contributed by atoms with van der Waals surface area (Å²) < 4.78 is 4.65. The number of nitrogens with zero attached hydrogens (tertiary/aromatic N) is 3. The van der Waals surface area contributed by atoms with Crippen LogP contribution in [0.4, 0.5) is 11.4 Å². The normalized spacial score (nSPS) is 28.0.